The van der Waals surface area contributed by atoms with E-state index < -0.39 is 0 Å². The Morgan fingerprint density at radius 3 is 2.88 bits per heavy atom. The summed E-state index contributed by atoms with van der Waals surface area (Å²) in [5.74, 6) is 1.12. The Balaban J connectivity index is 2.08. The van der Waals surface area contributed by atoms with Gasteiger partial charge in [-0.05, 0) is 30.7 Å². The second-order valence-corrected chi connectivity index (χ2v) is 3.50. The topological polar surface area (TPSA) is 39.9 Å². The summed E-state index contributed by atoms with van der Waals surface area (Å²) in [6.07, 6.45) is 1.47. The van der Waals surface area contributed by atoms with Crippen LogP contribution in [0.2, 0.25) is 0 Å². The molecule has 5 heteroatoms. The van der Waals surface area contributed by atoms with Crippen LogP contribution in [0.25, 0.3) is 0 Å². The molecule has 0 amide bonds. The number of rotatable bonds is 3. The molecule has 1 aromatic heterocycles. The summed E-state index contributed by atoms with van der Waals surface area (Å²) >= 11 is 0. The number of benzene rings is 1. The van der Waals surface area contributed by atoms with Crippen molar-refractivity contribution in [2.24, 2.45) is 7.05 Å². The second-order valence-electron chi connectivity index (χ2n) is 3.50. The van der Waals surface area contributed by atoms with E-state index in [2.05, 4.69) is 10.1 Å². The van der Waals surface area contributed by atoms with E-state index in [9.17, 15) is 4.39 Å². The predicted octanol–water partition coefficient (Wildman–Crippen LogP) is 1.84. The minimum absolute atomic E-state index is 0.261. The van der Waals surface area contributed by atoms with Crippen molar-refractivity contribution in [2.45, 2.75) is 13.5 Å². The van der Waals surface area contributed by atoms with Gasteiger partial charge in [0.05, 0.1) is 0 Å². The maximum Gasteiger partial charge on any atom is 0.164 e. The normalized spacial score (nSPS) is 10.4. The summed E-state index contributed by atoms with van der Waals surface area (Å²) < 4.78 is 20.0. The van der Waals surface area contributed by atoms with Gasteiger partial charge in [-0.2, -0.15) is 5.10 Å². The Morgan fingerprint density at radius 1 is 1.44 bits per heavy atom. The van der Waals surface area contributed by atoms with Gasteiger partial charge >= 0.3 is 0 Å². The van der Waals surface area contributed by atoms with Gasteiger partial charge in [-0.3, -0.25) is 4.68 Å². The first kappa shape index (κ1) is 10.6. The molecule has 0 aliphatic rings. The van der Waals surface area contributed by atoms with E-state index >= 15 is 0 Å². The summed E-state index contributed by atoms with van der Waals surface area (Å²) in [5, 5.41) is 3.93. The highest BCUT2D eigenvalue weighted by atomic mass is 19.1. The summed E-state index contributed by atoms with van der Waals surface area (Å²) in [6, 6.07) is 4.42. The van der Waals surface area contributed by atoms with Crippen molar-refractivity contribution in [2.75, 3.05) is 0 Å². The van der Waals surface area contributed by atoms with Crippen molar-refractivity contribution in [3.63, 3.8) is 0 Å². The van der Waals surface area contributed by atoms with Crippen molar-refractivity contribution >= 4 is 0 Å². The van der Waals surface area contributed by atoms with Crippen molar-refractivity contribution in [3.05, 3.63) is 41.7 Å². The Morgan fingerprint density at radius 2 is 2.25 bits per heavy atom. The largest absolute Gasteiger partial charge is 0.485 e. The third-order valence-electron chi connectivity index (χ3n) is 2.30. The quantitative estimate of drug-likeness (QED) is 0.794. The smallest absolute Gasteiger partial charge is 0.164 e. The lowest BCUT2D eigenvalue weighted by molar-refractivity contribution is 0.287. The molecule has 2 aromatic rings. The minimum atomic E-state index is -0.261. The molecule has 0 atom stereocenters. The molecule has 1 aromatic carbocycles. The molecule has 16 heavy (non-hydrogen) atoms. The van der Waals surface area contributed by atoms with Crippen molar-refractivity contribution in [3.8, 4) is 5.75 Å². The molecule has 0 fully saturated rings. The van der Waals surface area contributed by atoms with E-state index in [1.54, 1.807) is 24.7 Å². The van der Waals surface area contributed by atoms with Gasteiger partial charge in [0.25, 0.3) is 0 Å². The summed E-state index contributed by atoms with van der Waals surface area (Å²) in [6.45, 7) is 2.12. The fourth-order valence-electron chi connectivity index (χ4n) is 1.37. The van der Waals surface area contributed by atoms with Gasteiger partial charge in [-0.1, -0.05) is 0 Å². The average Bonchev–Trinajstić information content (AvgIpc) is 2.63. The van der Waals surface area contributed by atoms with Crippen LogP contribution in [0, 0.1) is 12.7 Å². The second kappa shape index (κ2) is 4.30. The molecule has 0 aliphatic carbocycles. The zero-order valence-corrected chi connectivity index (χ0v) is 9.14. The third-order valence-corrected chi connectivity index (χ3v) is 2.30. The van der Waals surface area contributed by atoms with Crippen LogP contribution in [0.15, 0.2) is 24.5 Å². The van der Waals surface area contributed by atoms with Crippen molar-refractivity contribution in [1.29, 1.82) is 0 Å². The maximum atomic E-state index is 12.8. The van der Waals surface area contributed by atoms with E-state index in [0.29, 0.717) is 12.4 Å². The molecule has 0 aliphatic heterocycles. The number of aromatic nitrogens is 3. The number of hydrogen-bond donors (Lipinski definition) is 0. The standard InChI is InChI=1S/C11H12FN3O/c1-8-5-9(12)3-4-10(8)16-6-11-13-7-14-15(11)2/h3-5,7H,6H2,1-2H3. The van der Waals surface area contributed by atoms with Gasteiger partial charge < -0.3 is 4.74 Å². The molecular formula is C11H12FN3O. The first-order valence-corrected chi connectivity index (χ1v) is 4.88. The van der Waals surface area contributed by atoms with Gasteiger partial charge in [0.2, 0.25) is 0 Å². The maximum absolute atomic E-state index is 12.8. The van der Waals surface area contributed by atoms with Crippen molar-refractivity contribution < 1.29 is 9.13 Å². The molecule has 0 N–H and O–H groups in total. The van der Waals surface area contributed by atoms with Gasteiger partial charge in [0, 0.05) is 7.05 Å². The average molecular weight is 221 g/mol. The Hall–Kier alpha value is -1.91. The zero-order chi connectivity index (χ0) is 11.5. The fraction of sp³-hybridized carbons (Fsp3) is 0.273. The first-order chi connectivity index (χ1) is 7.66. The number of ether oxygens (including phenoxy) is 1. The highest BCUT2D eigenvalue weighted by Gasteiger charge is 2.04. The number of aryl methyl sites for hydroxylation is 2. The number of halogens is 1. The SMILES string of the molecule is Cc1cc(F)ccc1OCc1ncnn1C. The molecule has 0 bridgehead atoms. The Bertz CT molecular complexity index is 496. The number of nitrogens with zero attached hydrogens (tertiary/aromatic N) is 3. The fourth-order valence-corrected chi connectivity index (χ4v) is 1.37. The van der Waals surface area contributed by atoms with Crippen LogP contribution in [0.1, 0.15) is 11.4 Å². The van der Waals surface area contributed by atoms with E-state index in [4.69, 9.17) is 4.74 Å². The van der Waals surface area contributed by atoms with Gasteiger partial charge in [0.15, 0.2) is 5.82 Å². The third kappa shape index (κ3) is 2.18. The van der Waals surface area contributed by atoms with Crippen molar-refractivity contribution in [1.82, 2.24) is 14.8 Å². The van der Waals surface area contributed by atoms with Gasteiger partial charge in [-0.25, -0.2) is 9.37 Å². The highest BCUT2D eigenvalue weighted by Crippen LogP contribution is 2.19. The summed E-state index contributed by atoms with van der Waals surface area (Å²) in [7, 11) is 1.79. The molecule has 84 valence electrons. The molecule has 0 saturated heterocycles. The highest BCUT2D eigenvalue weighted by molar-refractivity contribution is 5.32. The summed E-state index contributed by atoms with van der Waals surface area (Å²) in [4.78, 5) is 4.03. The van der Waals surface area contributed by atoms with Crippen LogP contribution >= 0.6 is 0 Å². The number of hydrogen-bond acceptors (Lipinski definition) is 3. The lowest BCUT2D eigenvalue weighted by atomic mass is 10.2. The van der Waals surface area contributed by atoms with E-state index in [1.807, 2.05) is 0 Å². The molecular weight excluding hydrogens is 209 g/mol. The molecule has 1 heterocycles. The van der Waals surface area contributed by atoms with Gasteiger partial charge in [0.1, 0.15) is 24.5 Å². The van der Waals surface area contributed by atoms with Crippen LogP contribution in [0.4, 0.5) is 4.39 Å². The van der Waals surface area contributed by atoms with Crippen LogP contribution < -0.4 is 4.74 Å². The summed E-state index contributed by atoms with van der Waals surface area (Å²) in [5.41, 5.74) is 0.766. The molecule has 2 rings (SSSR count). The van der Waals surface area contributed by atoms with E-state index in [0.717, 1.165) is 11.4 Å². The molecule has 0 unspecified atom stereocenters. The molecule has 0 spiro atoms. The Kier molecular flexibility index (Phi) is 2.85. The molecule has 4 nitrogen and oxygen atoms in total. The lowest BCUT2D eigenvalue weighted by Crippen LogP contribution is -2.05. The Labute approximate surface area is 92.7 Å². The minimum Gasteiger partial charge on any atom is -0.485 e. The van der Waals surface area contributed by atoms with Crippen LogP contribution in [-0.2, 0) is 13.7 Å². The molecule has 0 saturated carbocycles. The van der Waals surface area contributed by atoms with E-state index in [1.165, 1.54) is 18.5 Å². The van der Waals surface area contributed by atoms with Gasteiger partial charge in [-0.15, -0.1) is 0 Å². The molecule has 0 radical (unpaired) electrons. The van der Waals surface area contributed by atoms with Crippen LogP contribution in [0.5, 0.6) is 5.75 Å². The monoisotopic (exact) mass is 221 g/mol. The van der Waals surface area contributed by atoms with E-state index in [-0.39, 0.29) is 5.82 Å². The lowest BCUT2D eigenvalue weighted by Gasteiger charge is -2.08. The van der Waals surface area contributed by atoms with Crippen LogP contribution in [0.3, 0.4) is 0 Å². The zero-order valence-electron chi connectivity index (χ0n) is 9.14. The predicted molar refractivity (Wildman–Crippen MR) is 56.5 cm³/mol. The first-order valence-electron chi connectivity index (χ1n) is 4.88. The van der Waals surface area contributed by atoms with Crippen LogP contribution in [-0.4, -0.2) is 14.8 Å².